The number of likely N-dealkylation sites (tertiary alicyclic amines) is 1. The summed E-state index contributed by atoms with van der Waals surface area (Å²) in [6.07, 6.45) is 0. The topological polar surface area (TPSA) is 76.1 Å². The van der Waals surface area contributed by atoms with Gasteiger partial charge in [-0.2, -0.15) is 0 Å². The van der Waals surface area contributed by atoms with Gasteiger partial charge in [0.2, 0.25) is 0 Å². The summed E-state index contributed by atoms with van der Waals surface area (Å²) in [5.74, 6) is -0.760. The van der Waals surface area contributed by atoms with Crippen LogP contribution >= 0.6 is 23.2 Å². The van der Waals surface area contributed by atoms with E-state index in [1.807, 2.05) is 0 Å². The molecule has 6 nitrogen and oxygen atoms in total. The summed E-state index contributed by atoms with van der Waals surface area (Å²) in [7, 11) is 1.50. The van der Waals surface area contributed by atoms with Gasteiger partial charge in [0.25, 0.3) is 11.7 Å². The minimum absolute atomic E-state index is 0.0254. The molecule has 2 aromatic rings. The lowest BCUT2D eigenvalue weighted by molar-refractivity contribution is -0.139. The fourth-order valence-corrected chi connectivity index (χ4v) is 3.67. The lowest BCUT2D eigenvalue weighted by Gasteiger charge is -2.22. The molecule has 0 bridgehead atoms. The van der Waals surface area contributed by atoms with Crippen LogP contribution in [0.2, 0.25) is 10.0 Å². The third-order valence-electron chi connectivity index (χ3n) is 4.75. The average molecular weight is 420 g/mol. The van der Waals surface area contributed by atoms with Crippen LogP contribution in [0.25, 0.3) is 5.76 Å². The number of carbonyl (C=O) groups excluding carboxylic acids is 2. The van der Waals surface area contributed by atoms with E-state index in [-0.39, 0.29) is 16.4 Å². The van der Waals surface area contributed by atoms with Crippen LogP contribution in [0.1, 0.15) is 17.2 Å². The van der Waals surface area contributed by atoms with Crippen LogP contribution < -0.4 is 9.47 Å². The molecule has 0 spiro atoms. The standard InChI is InChI=1S/C20H15Cl2NO5/c1-23-17(10-2-4-12(21)13(22)8-10)16(19(25)20(23)26)18(24)11-3-5-14-15(9-11)28-7-6-27-14/h2-5,8-9,17,24H,6-7H2,1H3/b18-16+. The predicted octanol–water partition coefficient (Wildman–Crippen LogP) is 3.82. The third kappa shape index (κ3) is 2.99. The van der Waals surface area contributed by atoms with Gasteiger partial charge in [0.1, 0.15) is 19.0 Å². The third-order valence-corrected chi connectivity index (χ3v) is 5.49. The number of aliphatic hydroxyl groups is 1. The monoisotopic (exact) mass is 419 g/mol. The number of hydrogen-bond donors (Lipinski definition) is 1. The summed E-state index contributed by atoms with van der Waals surface area (Å²) in [6, 6.07) is 8.88. The number of likely N-dealkylation sites (N-methyl/N-ethyl adjacent to an activating group) is 1. The Morgan fingerprint density at radius 3 is 2.46 bits per heavy atom. The van der Waals surface area contributed by atoms with E-state index in [2.05, 4.69) is 0 Å². The fraction of sp³-hybridized carbons (Fsp3) is 0.200. The normalized spacial score (nSPS) is 20.5. The van der Waals surface area contributed by atoms with Crippen molar-refractivity contribution in [2.24, 2.45) is 0 Å². The van der Waals surface area contributed by atoms with E-state index in [9.17, 15) is 14.7 Å². The van der Waals surface area contributed by atoms with Crippen molar-refractivity contribution < 1.29 is 24.2 Å². The second-order valence-electron chi connectivity index (χ2n) is 6.44. The minimum Gasteiger partial charge on any atom is -0.507 e. The molecule has 1 N–H and O–H groups in total. The first kappa shape index (κ1) is 18.7. The van der Waals surface area contributed by atoms with E-state index >= 15 is 0 Å². The number of ketones is 1. The molecule has 2 aromatic carbocycles. The smallest absolute Gasteiger partial charge is 0.295 e. The van der Waals surface area contributed by atoms with E-state index in [1.165, 1.54) is 11.9 Å². The number of amides is 1. The van der Waals surface area contributed by atoms with Gasteiger partial charge in [0.15, 0.2) is 11.5 Å². The van der Waals surface area contributed by atoms with Crippen LogP contribution in [-0.2, 0) is 9.59 Å². The van der Waals surface area contributed by atoms with Gasteiger partial charge in [-0.1, -0.05) is 29.3 Å². The van der Waals surface area contributed by atoms with Crippen LogP contribution in [0, 0.1) is 0 Å². The maximum absolute atomic E-state index is 12.6. The van der Waals surface area contributed by atoms with Crippen molar-refractivity contribution in [1.29, 1.82) is 0 Å². The van der Waals surface area contributed by atoms with E-state index in [4.69, 9.17) is 32.7 Å². The molecule has 1 fully saturated rings. The van der Waals surface area contributed by atoms with Gasteiger partial charge in [-0.05, 0) is 35.9 Å². The van der Waals surface area contributed by atoms with E-state index in [0.29, 0.717) is 40.9 Å². The quantitative estimate of drug-likeness (QED) is 0.454. The Morgan fingerprint density at radius 2 is 1.75 bits per heavy atom. The van der Waals surface area contributed by atoms with Gasteiger partial charge in [-0.15, -0.1) is 0 Å². The molecule has 1 atom stereocenters. The lowest BCUT2D eigenvalue weighted by Crippen LogP contribution is -2.24. The van der Waals surface area contributed by atoms with Crippen molar-refractivity contribution in [1.82, 2.24) is 4.90 Å². The Hall–Kier alpha value is -2.70. The first-order valence-corrected chi connectivity index (χ1v) is 9.23. The number of nitrogens with zero attached hydrogens (tertiary/aromatic N) is 1. The maximum Gasteiger partial charge on any atom is 0.295 e. The molecule has 8 heteroatoms. The molecule has 4 rings (SSSR count). The first-order valence-electron chi connectivity index (χ1n) is 8.48. The zero-order valence-corrected chi connectivity index (χ0v) is 16.3. The molecular weight excluding hydrogens is 405 g/mol. The molecule has 0 saturated carbocycles. The SMILES string of the molecule is CN1C(=O)C(=O)/C(=C(/O)c2ccc3c(c2)OCCO3)C1c1ccc(Cl)c(Cl)c1. The van der Waals surface area contributed by atoms with Crippen LogP contribution in [0.3, 0.4) is 0 Å². The minimum atomic E-state index is -0.789. The van der Waals surface area contributed by atoms with Crippen molar-refractivity contribution >= 4 is 40.7 Å². The molecule has 1 saturated heterocycles. The van der Waals surface area contributed by atoms with Crippen molar-refractivity contribution in [2.75, 3.05) is 20.3 Å². The first-order chi connectivity index (χ1) is 13.4. The molecular formula is C20H15Cl2NO5. The van der Waals surface area contributed by atoms with Gasteiger partial charge >= 0.3 is 0 Å². The number of Topliss-reactive ketones (excluding diaryl/α,β-unsaturated/α-hetero) is 1. The van der Waals surface area contributed by atoms with Gasteiger partial charge in [-0.25, -0.2) is 0 Å². The number of rotatable bonds is 2. The van der Waals surface area contributed by atoms with E-state index < -0.39 is 17.7 Å². The summed E-state index contributed by atoms with van der Waals surface area (Å²) in [4.78, 5) is 26.2. The molecule has 0 aromatic heterocycles. The molecule has 28 heavy (non-hydrogen) atoms. The molecule has 1 unspecified atom stereocenters. The predicted molar refractivity (Wildman–Crippen MR) is 104 cm³/mol. The van der Waals surface area contributed by atoms with Crippen molar-refractivity contribution in [3.63, 3.8) is 0 Å². The zero-order valence-electron chi connectivity index (χ0n) is 14.7. The van der Waals surface area contributed by atoms with Gasteiger partial charge < -0.3 is 19.5 Å². The number of halogens is 2. The maximum atomic E-state index is 12.6. The van der Waals surface area contributed by atoms with E-state index in [0.717, 1.165) is 0 Å². The highest BCUT2D eigenvalue weighted by molar-refractivity contribution is 6.46. The van der Waals surface area contributed by atoms with Gasteiger partial charge in [0.05, 0.1) is 21.7 Å². The number of ether oxygens (including phenoxy) is 2. The molecule has 0 aliphatic carbocycles. The summed E-state index contributed by atoms with van der Waals surface area (Å²) < 4.78 is 11.0. The molecule has 2 heterocycles. The zero-order chi connectivity index (χ0) is 20.0. The van der Waals surface area contributed by atoms with Gasteiger partial charge in [0, 0.05) is 12.6 Å². The highest BCUT2D eigenvalue weighted by Gasteiger charge is 2.44. The average Bonchev–Trinajstić information content (AvgIpc) is 2.93. The number of carbonyl (C=O) groups is 2. The van der Waals surface area contributed by atoms with Crippen LogP contribution in [0.5, 0.6) is 11.5 Å². The van der Waals surface area contributed by atoms with Crippen LogP contribution in [-0.4, -0.2) is 42.0 Å². The second-order valence-corrected chi connectivity index (χ2v) is 7.26. The molecule has 2 aliphatic rings. The summed E-state index contributed by atoms with van der Waals surface area (Å²) in [6.45, 7) is 0.830. The van der Waals surface area contributed by atoms with Crippen molar-refractivity contribution in [2.45, 2.75) is 6.04 Å². The highest BCUT2D eigenvalue weighted by Crippen LogP contribution is 2.41. The number of aliphatic hydroxyl groups excluding tert-OH is 1. The number of hydrogen-bond acceptors (Lipinski definition) is 5. The van der Waals surface area contributed by atoms with Crippen molar-refractivity contribution in [3.05, 3.63) is 63.1 Å². The Kier molecular flexibility index (Phi) is 4.69. The lowest BCUT2D eigenvalue weighted by atomic mass is 9.95. The van der Waals surface area contributed by atoms with E-state index in [1.54, 1.807) is 36.4 Å². The summed E-state index contributed by atoms with van der Waals surface area (Å²) >= 11 is 12.1. The Bertz CT molecular complexity index is 1030. The Balaban J connectivity index is 1.85. The van der Waals surface area contributed by atoms with Crippen LogP contribution in [0.4, 0.5) is 0 Å². The number of benzene rings is 2. The molecule has 2 aliphatic heterocycles. The second kappa shape index (κ2) is 7.04. The molecule has 144 valence electrons. The summed E-state index contributed by atoms with van der Waals surface area (Å²) in [5, 5.41) is 11.5. The van der Waals surface area contributed by atoms with Gasteiger partial charge in [-0.3, -0.25) is 9.59 Å². The van der Waals surface area contributed by atoms with Crippen LogP contribution in [0.15, 0.2) is 42.0 Å². The molecule has 0 radical (unpaired) electrons. The number of fused-ring (bicyclic) bond motifs is 1. The largest absolute Gasteiger partial charge is 0.507 e. The highest BCUT2D eigenvalue weighted by atomic mass is 35.5. The summed E-state index contributed by atoms with van der Waals surface area (Å²) in [5.41, 5.74) is 0.888. The molecule has 1 amide bonds. The Morgan fingerprint density at radius 1 is 1.04 bits per heavy atom. The Labute approximate surface area is 170 Å². The fourth-order valence-electron chi connectivity index (χ4n) is 3.37. The van der Waals surface area contributed by atoms with Crippen molar-refractivity contribution in [3.8, 4) is 11.5 Å².